The van der Waals surface area contributed by atoms with E-state index in [0.717, 1.165) is 60.9 Å². The highest BCUT2D eigenvalue weighted by molar-refractivity contribution is 5.97. The maximum Gasteiger partial charge on any atom is 0.251 e. The molecule has 3 N–H and O–H groups in total. The van der Waals surface area contributed by atoms with Gasteiger partial charge in [0.05, 0.1) is 5.52 Å². The summed E-state index contributed by atoms with van der Waals surface area (Å²) in [5.74, 6) is 0.352. The van der Waals surface area contributed by atoms with Gasteiger partial charge in [0.2, 0.25) is 11.8 Å². The molecule has 1 aliphatic rings. The first-order valence-electron chi connectivity index (χ1n) is 16.1. The average Bonchev–Trinajstić information content (AvgIpc) is 3.03. The van der Waals surface area contributed by atoms with Gasteiger partial charge in [-0.25, -0.2) is 4.98 Å². The average molecular weight is 601 g/mol. The summed E-state index contributed by atoms with van der Waals surface area (Å²) in [6.45, 7) is 5.31. The molecule has 1 unspecified atom stereocenters. The highest BCUT2D eigenvalue weighted by Crippen LogP contribution is 2.29. The van der Waals surface area contributed by atoms with Crippen molar-refractivity contribution in [2.45, 2.75) is 83.3 Å². The lowest BCUT2D eigenvalue weighted by molar-refractivity contribution is -0.133. The van der Waals surface area contributed by atoms with Gasteiger partial charge in [-0.15, -0.1) is 0 Å². The van der Waals surface area contributed by atoms with E-state index in [1.165, 1.54) is 0 Å². The Hall–Kier alpha value is -4.14. The number of nitrogens with one attached hydrogen (secondary N) is 3. The molecule has 0 aliphatic heterocycles. The zero-order valence-electron chi connectivity index (χ0n) is 26.6. The van der Waals surface area contributed by atoms with Crippen LogP contribution in [-0.4, -0.2) is 72.9 Å². The predicted octanol–water partition coefficient (Wildman–Crippen LogP) is 5.37. The van der Waals surface area contributed by atoms with Crippen molar-refractivity contribution in [3.8, 4) is 0 Å². The highest BCUT2D eigenvalue weighted by Gasteiger charge is 2.28. The van der Waals surface area contributed by atoms with Crippen LogP contribution in [0.25, 0.3) is 10.9 Å². The summed E-state index contributed by atoms with van der Waals surface area (Å²) in [4.78, 5) is 48.2. The van der Waals surface area contributed by atoms with Crippen molar-refractivity contribution in [1.82, 2.24) is 20.5 Å². The van der Waals surface area contributed by atoms with Crippen LogP contribution in [0, 0.1) is 0 Å². The zero-order valence-corrected chi connectivity index (χ0v) is 26.6. The first-order chi connectivity index (χ1) is 21.3. The molecule has 0 radical (unpaired) electrons. The maximum atomic E-state index is 13.5. The van der Waals surface area contributed by atoms with Crippen LogP contribution in [0.2, 0.25) is 0 Å². The molecule has 3 amide bonds. The van der Waals surface area contributed by atoms with Crippen LogP contribution in [-0.2, 0) is 9.59 Å². The van der Waals surface area contributed by atoms with E-state index in [-0.39, 0.29) is 42.6 Å². The van der Waals surface area contributed by atoms with Gasteiger partial charge in [-0.2, -0.15) is 0 Å². The summed E-state index contributed by atoms with van der Waals surface area (Å²) >= 11 is 0. The van der Waals surface area contributed by atoms with E-state index in [2.05, 4.69) is 33.0 Å². The molecule has 1 fully saturated rings. The van der Waals surface area contributed by atoms with Crippen LogP contribution in [0.4, 0.5) is 11.5 Å². The van der Waals surface area contributed by atoms with Crippen LogP contribution < -0.4 is 20.9 Å². The molecule has 9 heteroatoms. The number of fused-ring (bicyclic) bond motifs is 1. The molecular weight excluding hydrogens is 552 g/mol. The van der Waals surface area contributed by atoms with E-state index < -0.39 is 6.04 Å². The Labute approximate surface area is 261 Å². The van der Waals surface area contributed by atoms with Gasteiger partial charge < -0.3 is 25.8 Å². The Morgan fingerprint density at radius 1 is 0.886 bits per heavy atom. The van der Waals surface area contributed by atoms with Crippen LogP contribution in [0.3, 0.4) is 0 Å². The van der Waals surface area contributed by atoms with Crippen molar-refractivity contribution < 1.29 is 14.4 Å². The lowest BCUT2D eigenvalue weighted by atomic mass is 9.91. The van der Waals surface area contributed by atoms with Crippen molar-refractivity contribution in [1.29, 1.82) is 0 Å². The third kappa shape index (κ3) is 8.94. The first kappa shape index (κ1) is 32.8. The number of para-hydroxylation sites is 1. The summed E-state index contributed by atoms with van der Waals surface area (Å²) < 4.78 is 0. The largest absolute Gasteiger partial charge is 0.377 e. The fourth-order valence-corrected chi connectivity index (χ4v) is 5.95. The van der Waals surface area contributed by atoms with Crippen LogP contribution >= 0.6 is 0 Å². The number of pyridine rings is 1. The molecule has 0 bridgehead atoms. The summed E-state index contributed by atoms with van der Waals surface area (Å²) in [5, 5.41) is 10.8. The number of aromatic nitrogens is 1. The van der Waals surface area contributed by atoms with Crippen LogP contribution in [0.15, 0.2) is 60.7 Å². The van der Waals surface area contributed by atoms with Crippen molar-refractivity contribution in [2.24, 2.45) is 0 Å². The fraction of sp³-hybridized carbons (Fsp3) is 0.486. The van der Waals surface area contributed by atoms with Crippen molar-refractivity contribution in [2.75, 3.05) is 37.4 Å². The lowest BCUT2D eigenvalue weighted by Crippen LogP contribution is -2.49. The number of rotatable bonds is 14. The Morgan fingerprint density at radius 3 is 2.18 bits per heavy atom. The number of anilines is 2. The van der Waals surface area contributed by atoms with Crippen molar-refractivity contribution in [3.05, 3.63) is 66.2 Å². The zero-order chi connectivity index (χ0) is 31.5. The minimum absolute atomic E-state index is 0.0856. The molecule has 1 aromatic heterocycles. The number of nitrogens with zero attached hydrogens (tertiary/aromatic N) is 3. The summed E-state index contributed by atoms with van der Waals surface area (Å²) in [6.07, 6.45) is 5.67. The van der Waals surface area contributed by atoms with Crippen LogP contribution in [0.5, 0.6) is 0 Å². The number of hydrogen-bond donors (Lipinski definition) is 3. The van der Waals surface area contributed by atoms with Crippen molar-refractivity contribution >= 4 is 40.1 Å². The molecule has 236 valence electrons. The second-order valence-corrected chi connectivity index (χ2v) is 12.0. The van der Waals surface area contributed by atoms with E-state index >= 15 is 0 Å². The maximum absolute atomic E-state index is 13.5. The fourth-order valence-electron chi connectivity index (χ4n) is 5.95. The third-order valence-corrected chi connectivity index (χ3v) is 8.22. The van der Waals surface area contributed by atoms with Gasteiger partial charge in [0, 0.05) is 68.4 Å². The van der Waals surface area contributed by atoms with Crippen LogP contribution in [0.1, 0.15) is 75.6 Å². The lowest BCUT2D eigenvalue weighted by Gasteiger charge is -2.31. The highest BCUT2D eigenvalue weighted by atomic mass is 16.2. The molecule has 2 aromatic carbocycles. The number of carbonyl (C=O) groups excluding carboxylic acids is 3. The molecule has 0 spiro atoms. The van der Waals surface area contributed by atoms with E-state index in [9.17, 15) is 14.4 Å². The molecule has 1 saturated carbocycles. The summed E-state index contributed by atoms with van der Waals surface area (Å²) in [5.41, 5.74) is 2.59. The molecule has 1 heterocycles. The van der Waals surface area contributed by atoms with Gasteiger partial charge >= 0.3 is 0 Å². The first-order valence-corrected chi connectivity index (χ1v) is 16.1. The topological polar surface area (TPSA) is 107 Å². The van der Waals surface area contributed by atoms with E-state index in [1.807, 2.05) is 52.2 Å². The predicted molar refractivity (Wildman–Crippen MR) is 178 cm³/mol. The summed E-state index contributed by atoms with van der Waals surface area (Å²) in [7, 11) is 4.09. The monoisotopic (exact) mass is 600 g/mol. The normalized spacial score (nSPS) is 17.0. The second kappa shape index (κ2) is 16.1. The number of hydrogen-bond acceptors (Lipinski definition) is 6. The van der Waals surface area contributed by atoms with E-state index in [4.69, 9.17) is 4.98 Å². The Kier molecular flexibility index (Phi) is 12.0. The quantitative estimate of drug-likeness (QED) is 0.230. The molecule has 9 nitrogen and oxygen atoms in total. The van der Waals surface area contributed by atoms with Gasteiger partial charge in [-0.3, -0.25) is 14.4 Å². The standard InChI is InChI=1S/C35H48N6O3/c1-5-22-41(23-6-2)35(44)30(39-34(43)25-12-8-7-9-13-25)20-21-33(42)37-27-18-16-26(17-19-27)36-32-24-31(40(3)4)28-14-10-11-15-29(28)38-32/h7-15,24,26-27,30H,5-6,16-23H2,1-4H3,(H,36,38)(H,37,42)(H,39,43)/t26-,27+,30?. The molecule has 0 saturated heterocycles. The Bertz CT molecular complexity index is 1380. The van der Waals surface area contributed by atoms with Gasteiger partial charge in [0.15, 0.2) is 0 Å². The molecule has 44 heavy (non-hydrogen) atoms. The molecule has 3 aromatic rings. The number of benzene rings is 2. The second-order valence-electron chi connectivity index (χ2n) is 12.0. The molecule has 1 atom stereocenters. The SMILES string of the molecule is CCCN(CCC)C(=O)C(CCC(=O)N[C@H]1CC[C@@H](Nc2cc(N(C)C)c3ccccc3n2)CC1)NC(=O)c1ccccc1. The number of carbonyl (C=O) groups is 3. The molecule has 4 rings (SSSR count). The Morgan fingerprint density at radius 2 is 1.52 bits per heavy atom. The summed E-state index contributed by atoms with van der Waals surface area (Å²) in [6, 6.07) is 18.8. The Balaban J connectivity index is 1.31. The van der Waals surface area contributed by atoms with Gasteiger partial charge in [-0.1, -0.05) is 50.2 Å². The third-order valence-electron chi connectivity index (χ3n) is 8.22. The van der Waals surface area contributed by atoms with Gasteiger partial charge in [0.1, 0.15) is 11.9 Å². The van der Waals surface area contributed by atoms with Crippen molar-refractivity contribution in [3.63, 3.8) is 0 Å². The van der Waals surface area contributed by atoms with Gasteiger partial charge in [-0.05, 0) is 63.1 Å². The van der Waals surface area contributed by atoms with E-state index in [1.54, 1.807) is 29.2 Å². The van der Waals surface area contributed by atoms with E-state index in [0.29, 0.717) is 18.7 Å². The minimum Gasteiger partial charge on any atom is -0.377 e. The smallest absolute Gasteiger partial charge is 0.251 e. The minimum atomic E-state index is -0.756. The number of amides is 3. The molecule has 1 aliphatic carbocycles. The molecular formula is C35H48N6O3. The van der Waals surface area contributed by atoms with Gasteiger partial charge in [0.25, 0.3) is 5.91 Å².